The van der Waals surface area contributed by atoms with Crippen molar-refractivity contribution in [3.63, 3.8) is 0 Å². The highest BCUT2D eigenvalue weighted by molar-refractivity contribution is 7.85. The highest BCUT2D eigenvalue weighted by Crippen LogP contribution is 2.15. The molecule has 0 aromatic heterocycles. The fourth-order valence-corrected chi connectivity index (χ4v) is 2.68. The minimum Gasteiger partial charge on any atom is -0.327 e. The van der Waals surface area contributed by atoms with Crippen molar-refractivity contribution < 1.29 is 13.0 Å². The third-order valence-electron chi connectivity index (χ3n) is 2.87. The summed E-state index contributed by atoms with van der Waals surface area (Å²) in [5.74, 6) is -1.39. The molecule has 0 heterocycles. The van der Waals surface area contributed by atoms with Crippen molar-refractivity contribution in [2.75, 3.05) is 5.75 Å². The lowest BCUT2D eigenvalue weighted by atomic mass is 10.0. The summed E-state index contributed by atoms with van der Waals surface area (Å²) in [4.78, 5) is 0.280. The average molecular weight is 261 g/mol. The quantitative estimate of drug-likeness (QED) is 0.884. The van der Waals surface area contributed by atoms with Gasteiger partial charge in [-0.05, 0) is 24.1 Å². The summed E-state index contributed by atoms with van der Waals surface area (Å²) < 4.78 is 37.6. The molecule has 0 aliphatic heterocycles. The SMILES string of the molecule is CCC(C)C(N)CS(=O)c1ccc(F)c(F)c1. The summed E-state index contributed by atoms with van der Waals surface area (Å²) >= 11 is 0. The molecule has 0 saturated heterocycles. The van der Waals surface area contributed by atoms with Gasteiger partial charge in [0.25, 0.3) is 0 Å². The van der Waals surface area contributed by atoms with Crippen molar-refractivity contribution >= 4 is 10.8 Å². The van der Waals surface area contributed by atoms with Gasteiger partial charge in [0.05, 0.1) is 10.8 Å². The molecule has 5 heteroatoms. The lowest BCUT2D eigenvalue weighted by Crippen LogP contribution is -2.33. The van der Waals surface area contributed by atoms with E-state index in [9.17, 15) is 13.0 Å². The van der Waals surface area contributed by atoms with Gasteiger partial charge in [0.2, 0.25) is 0 Å². The van der Waals surface area contributed by atoms with Gasteiger partial charge in [0.15, 0.2) is 11.6 Å². The first-order valence-electron chi connectivity index (χ1n) is 5.54. The van der Waals surface area contributed by atoms with Gasteiger partial charge >= 0.3 is 0 Å². The lowest BCUT2D eigenvalue weighted by molar-refractivity contribution is 0.472. The molecule has 0 saturated carbocycles. The highest BCUT2D eigenvalue weighted by atomic mass is 32.2. The van der Waals surface area contributed by atoms with E-state index in [2.05, 4.69) is 0 Å². The smallest absolute Gasteiger partial charge is 0.160 e. The van der Waals surface area contributed by atoms with Crippen LogP contribution in [0.4, 0.5) is 8.78 Å². The van der Waals surface area contributed by atoms with E-state index in [1.54, 1.807) is 0 Å². The second-order valence-electron chi connectivity index (χ2n) is 4.14. The number of rotatable bonds is 5. The zero-order valence-electron chi connectivity index (χ0n) is 9.95. The monoisotopic (exact) mass is 261 g/mol. The van der Waals surface area contributed by atoms with E-state index in [0.29, 0.717) is 0 Å². The number of nitrogens with two attached hydrogens (primary N) is 1. The molecule has 3 atom stereocenters. The van der Waals surface area contributed by atoms with Gasteiger partial charge < -0.3 is 5.73 Å². The van der Waals surface area contributed by atoms with Gasteiger partial charge in [-0.3, -0.25) is 4.21 Å². The molecule has 0 fully saturated rings. The number of hydrogen-bond donors (Lipinski definition) is 1. The zero-order valence-corrected chi connectivity index (χ0v) is 10.8. The lowest BCUT2D eigenvalue weighted by Gasteiger charge is -2.17. The van der Waals surface area contributed by atoms with E-state index in [4.69, 9.17) is 5.73 Å². The molecule has 1 aromatic rings. The van der Waals surface area contributed by atoms with Crippen molar-refractivity contribution in [1.29, 1.82) is 0 Å². The molecule has 96 valence electrons. The van der Waals surface area contributed by atoms with Gasteiger partial charge in [-0.1, -0.05) is 20.3 Å². The summed E-state index contributed by atoms with van der Waals surface area (Å²) in [6.45, 7) is 3.98. The maximum Gasteiger partial charge on any atom is 0.160 e. The summed E-state index contributed by atoms with van der Waals surface area (Å²) in [6, 6.07) is 3.08. The van der Waals surface area contributed by atoms with Gasteiger partial charge in [0, 0.05) is 16.7 Å². The average Bonchev–Trinajstić information content (AvgIpc) is 2.31. The first kappa shape index (κ1) is 14.3. The summed E-state index contributed by atoms with van der Waals surface area (Å²) in [5.41, 5.74) is 5.87. The molecule has 0 aliphatic rings. The van der Waals surface area contributed by atoms with Gasteiger partial charge in [-0.2, -0.15) is 0 Å². The zero-order chi connectivity index (χ0) is 13.0. The van der Waals surface area contributed by atoms with E-state index in [-0.39, 0.29) is 22.6 Å². The molecule has 2 nitrogen and oxygen atoms in total. The predicted molar refractivity (Wildman–Crippen MR) is 65.1 cm³/mol. The Hall–Kier alpha value is -0.810. The van der Waals surface area contributed by atoms with Crippen LogP contribution in [0.15, 0.2) is 23.1 Å². The fourth-order valence-electron chi connectivity index (χ4n) is 1.36. The Bertz CT molecular complexity index is 411. The van der Waals surface area contributed by atoms with Crippen molar-refractivity contribution in [3.8, 4) is 0 Å². The van der Waals surface area contributed by atoms with E-state index >= 15 is 0 Å². The van der Waals surface area contributed by atoms with Crippen molar-refractivity contribution in [2.45, 2.75) is 31.2 Å². The van der Waals surface area contributed by atoms with Crippen LogP contribution in [-0.4, -0.2) is 16.0 Å². The van der Waals surface area contributed by atoms with Crippen LogP contribution in [0.5, 0.6) is 0 Å². The van der Waals surface area contributed by atoms with Crippen LogP contribution in [-0.2, 0) is 10.8 Å². The van der Waals surface area contributed by atoms with Gasteiger partial charge in [0.1, 0.15) is 0 Å². The van der Waals surface area contributed by atoms with Crippen LogP contribution in [0.1, 0.15) is 20.3 Å². The van der Waals surface area contributed by atoms with Crippen molar-refractivity contribution in [2.24, 2.45) is 11.7 Å². The van der Waals surface area contributed by atoms with Crippen LogP contribution < -0.4 is 5.73 Å². The predicted octanol–water partition coefficient (Wildman–Crippen LogP) is 2.45. The fraction of sp³-hybridized carbons (Fsp3) is 0.500. The molecule has 1 rings (SSSR count). The largest absolute Gasteiger partial charge is 0.327 e. The van der Waals surface area contributed by atoms with Crippen molar-refractivity contribution in [1.82, 2.24) is 0 Å². The van der Waals surface area contributed by atoms with Gasteiger partial charge in [-0.25, -0.2) is 8.78 Å². The van der Waals surface area contributed by atoms with Crippen LogP contribution in [0, 0.1) is 17.6 Å². The van der Waals surface area contributed by atoms with Gasteiger partial charge in [-0.15, -0.1) is 0 Å². The summed E-state index contributed by atoms with van der Waals surface area (Å²) in [5, 5.41) is 0. The molecular weight excluding hydrogens is 244 g/mol. The molecule has 0 amide bonds. The second kappa shape index (κ2) is 6.21. The van der Waals surface area contributed by atoms with E-state index in [0.717, 1.165) is 18.6 Å². The normalized spacial score (nSPS) is 16.5. The standard InChI is InChI=1S/C12H17F2NOS/c1-3-8(2)12(15)7-17(16)9-4-5-10(13)11(14)6-9/h4-6,8,12H,3,7,15H2,1-2H3. The first-order chi connectivity index (χ1) is 7.95. The third-order valence-corrected chi connectivity index (χ3v) is 4.34. The second-order valence-corrected chi connectivity index (χ2v) is 5.63. The summed E-state index contributed by atoms with van der Waals surface area (Å²) in [6.07, 6.45) is 0.899. The molecule has 0 aliphatic carbocycles. The Kier molecular flexibility index (Phi) is 5.21. The highest BCUT2D eigenvalue weighted by Gasteiger charge is 2.16. The minimum absolute atomic E-state index is 0.200. The Morgan fingerprint density at radius 2 is 2.00 bits per heavy atom. The van der Waals surface area contributed by atoms with Crippen LogP contribution >= 0.6 is 0 Å². The third kappa shape index (κ3) is 3.85. The minimum atomic E-state index is -1.39. The van der Waals surface area contributed by atoms with E-state index < -0.39 is 22.4 Å². The Labute approximate surface area is 103 Å². The van der Waals surface area contributed by atoms with Crippen molar-refractivity contribution in [3.05, 3.63) is 29.8 Å². The van der Waals surface area contributed by atoms with Crippen LogP contribution in [0.3, 0.4) is 0 Å². The maximum absolute atomic E-state index is 13.0. The number of hydrogen-bond acceptors (Lipinski definition) is 2. The molecular formula is C12H17F2NOS. The molecule has 0 spiro atoms. The molecule has 17 heavy (non-hydrogen) atoms. The van der Waals surface area contributed by atoms with Crippen LogP contribution in [0.25, 0.3) is 0 Å². The molecule has 1 aromatic carbocycles. The Balaban J connectivity index is 2.73. The molecule has 0 radical (unpaired) electrons. The molecule has 2 N–H and O–H groups in total. The van der Waals surface area contributed by atoms with Crippen LogP contribution in [0.2, 0.25) is 0 Å². The van der Waals surface area contributed by atoms with E-state index in [1.807, 2.05) is 13.8 Å². The van der Waals surface area contributed by atoms with E-state index in [1.165, 1.54) is 6.07 Å². The Morgan fingerprint density at radius 1 is 1.35 bits per heavy atom. The Morgan fingerprint density at radius 3 is 2.53 bits per heavy atom. The summed E-state index contributed by atoms with van der Waals surface area (Å²) in [7, 11) is -1.39. The topological polar surface area (TPSA) is 43.1 Å². The number of benzene rings is 1. The maximum atomic E-state index is 13.0. The first-order valence-corrected chi connectivity index (χ1v) is 6.86. The molecule has 3 unspecified atom stereocenters. The molecule has 0 bridgehead atoms. The number of halogens is 2.